The maximum Gasteiger partial charge on any atom is 0.290 e. The molecule has 0 saturated carbocycles. The maximum atomic E-state index is 12.7. The predicted octanol–water partition coefficient (Wildman–Crippen LogP) is 1.99. The van der Waals surface area contributed by atoms with E-state index in [9.17, 15) is 4.79 Å². The summed E-state index contributed by atoms with van der Waals surface area (Å²) in [7, 11) is 0. The molecule has 4 rings (SSSR count). The topological polar surface area (TPSA) is 84.4 Å². The Balaban J connectivity index is 1.58. The van der Waals surface area contributed by atoms with E-state index in [2.05, 4.69) is 10.2 Å². The van der Waals surface area contributed by atoms with Crippen LogP contribution in [0, 0.1) is 6.92 Å². The number of carbonyl (C=O) groups excluding carboxylic acids is 1. The lowest BCUT2D eigenvalue weighted by atomic mass is 10.2. The summed E-state index contributed by atoms with van der Waals surface area (Å²) in [6, 6.07) is 11.6. The molecule has 7 nitrogen and oxygen atoms in total. The molecule has 25 heavy (non-hydrogen) atoms. The van der Waals surface area contributed by atoms with E-state index >= 15 is 0 Å². The Hall–Kier alpha value is -2.93. The molecule has 0 bridgehead atoms. The zero-order valence-electron chi connectivity index (χ0n) is 13.8. The van der Waals surface area contributed by atoms with Crippen LogP contribution >= 0.6 is 0 Å². The highest BCUT2D eigenvalue weighted by Crippen LogP contribution is 2.23. The number of amides is 1. The van der Waals surface area contributed by atoms with Gasteiger partial charge in [-0.25, -0.2) is 0 Å². The smallest absolute Gasteiger partial charge is 0.290 e. The molecule has 0 atom stereocenters. The summed E-state index contributed by atoms with van der Waals surface area (Å²) in [5.41, 5.74) is 1.74. The predicted molar refractivity (Wildman–Crippen MR) is 89.6 cm³/mol. The molecule has 0 aliphatic carbocycles. The van der Waals surface area contributed by atoms with Crippen LogP contribution in [-0.4, -0.2) is 37.2 Å². The quantitative estimate of drug-likeness (QED) is 0.789. The minimum absolute atomic E-state index is 0.187. The van der Waals surface area contributed by atoms with Crippen LogP contribution in [0.4, 0.5) is 0 Å². The molecule has 7 heteroatoms. The molecule has 1 N–H and O–H groups in total. The first-order valence-electron chi connectivity index (χ1n) is 8.14. The fourth-order valence-corrected chi connectivity index (χ4v) is 3.11. The zero-order chi connectivity index (χ0) is 17.4. The normalized spacial score (nSPS) is 13.8. The molecule has 2 aromatic heterocycles. The third-order valence-corrected chi connectivity index (χ3v) is 4.39. The molecule has 1 aliphatic rings. The van der Waals surface area contributed by atoms with Gasteiger partial charge in [0, 0.05) is 24.2 Å². The van der Waals surface area contributed by atoms with Crippen molar-refractivity contribution in [2.24, 2.45) is 0 Å². The van der Waals surface area contributed by atoms with Crippen molar-refractivity contribution < 1.29 is 14.3 Å². The van der Waals surface area contributed by atoms with Crippen molar-refractivity contribution >= 4 is 5.91 Å². The second-order valence-electron chi connectivity index (χ2n) is 6.07. The summed E-state index contributed by atoms with van der Waals surface area (Å²) in [6.07, 6.45) is 0. The Bertz CT molecular complexity index is 914. The van der Waals surface area contributed by atoms with Crippen LogP contribution < -0.4 is 0 Å². The van der Waals surface area contributed by atoms with Crippen molar-refractivity contribution in [2.45, 2.75) is 26.6 Å². The van der Waals surface area contributed by atoms with Crippen LogP contribution in [0.15, 0.2) is 40.8 Å². The first-order chi connectivity index (χ1) is 12.2. The lowest BCUT2D eigenvalue weighted by molar-refractivity contribution is 0.0670. The Labute approximate surface area is 144 Å². The number of aromatic nitrogens is 3. The summed E-state index contributed by atoms with van der Waals surface area (Å²) in [6.45, 7) is 3.15. The second-order valence-corrected chi connectivity index (χ2v) is 6.07. The van der Waals surface area contributed by atoms with Gasteiger partial charge < -0.3 is 19.0 Å². The van der Waals surface area contributed by atoms with Gasteiger partial charge in [-0.3, -0.25) is 4.79 Å². The number of aryl methyl sites for hydroxylation is 1. The molecule has 1 aliphatic heterocycles. The zero-order valence-corrected chi connectivity index (χ0v) is 13.8. The van der Waals surface area contributed by atoms with Gasteiger partial charge >= 0.3 is 0 Å². The number of rotatable bonds is 3. The van der Waals surface area contributed by atoms with E-state index in [1.807, 2.05) is 34.9 Å². The van der Waals surface area contributed by atoms with Crippen LogP contribution in [0.3, 0.4) is 0 Å². The minimum Gasteiger partial charge on any atom is -0.453 e. The number of nitrogens with zero attached hydrogens (tertiary/aromatic N) is 4. The molecule has 0 radical (unpaired) electrons. The van der Waals surface area contributed by atoms with Crippen LogP contribution in [0.2, 0.25) is 0 Å². The van der Waals surface area contributed by atoms with E-state index in [-0.39, 0.29) is 18.3 Å². The largest absolute Gasteiger partial charge is 0.453 e. The highest BCUT2D eigenvalue weighted by atomic mass is 16.4. The van der Waals surface area contributed by atoms with Gasteiger partial charge in [-0.15, -0.1) is 10.2 Å². The Kier molecular flexibility index (Phi) is 3.85. The van der Waals surface area contributed by atoms with Gasteiger partial charge in [0.15, 0.2) is 17.4 Å². The number of aliphatic hydroxyl groups excluding tert-OH is 1. The number of fused-ring (bicyclic) bond motifs is 1. The summed E-state index contributed by atoms with van der Waals surface area (Å²) in [5, 5.41) is 17.7. The molecular formula is C18H18N4O3. The van der Waals surface area contributed by atoms with E-state index in [1.165, 1.54) is 0 Å². The summed E-state index contributed by atoms with van der Waals surface area (Å²) in [5.74, 6) is 2.06. The van der Waals surface area contributed by atoms with E-state index in [0.717, 1.165) is 22.8 Å². The van der Waals surface area contributed by atoms with E-state index in [0.29, 0.717) is 25.4 Å². The highest BCUT2D eigenvalue weighted by molar-refractivity contribution is 5.93. The standard InChI is InChI=1S/C18H18N4O3/c1-12-9-14(11-23)25-16(12)18(24)21-7-8-22-15(10-21)19-20-17(22)13-5-3-2-4-6-13/h2-6,9,23H,7-8,10-11H2,1H3. The first-order valence-corrected chi connectivity index (χ1v) is 8.14. The Morgan fingerprint density at radius 2 is 2.04 bits per heavy atom. The number of aliphatic hydroxyl groups is 1. The van der Waals surface area contributed by atoms with Crippen molar-refractivity contribution in [3.8, 4) is 11.4 Å². The number of hydrogen-bond donors (Lipinski definition) is 1. The first kappa shape index (κ1) is 15.6. The Morgan fingerprint density at radius 1 is 1.24 bits per heavy atom. The molecule has 0 unspecified atom stereocenters. The molecule has 0 fully saturated rings. The maximum absolute atomic E-state index is 12.7. The molecule has 3 heterocycles. The van der Waals surface area contributed by atoms with Crippen LogP contribution in [0.25, 0.3) is 11.4 Å². The van der Waals surface area contributed by atoms with Gasteiger partial charge in [-0.1, -0.05) is 30.3 Å². The molecule has 0 saturated heterocycles. The van der Waals surface area contributed by atoms with Crippen LogP contribution in [0.1, 0.15) is 27.7 Å². The van der Waals surface area contributed by atoms with Gasteiger partial charge in [0.25, 0.3) is 5.91 Å². The molecule has 1 amide bonds. The lowest BCUT2D eigenvalue weighted by Crippen LogP contribution is -2.38. The van der Waals surface area contributed by atoms with Gasteiger partial charge in [0.2, 0.25) is 0 Å². The Morgan fingerprint density at radius 3 is 2.76 bits per heavy atom. The molecular weight excluding hydrogens is 320 g/mol. The fourth-order valence-electron chi connectivity index (χ4n) is 3.11. The number of furan rings is 1. The third kappa shape index (κ3) is 2.72. The van der Waals surface area contributed by atoms with Gasteiger partial charge in [-0.05, 0) is 13.0 Å². The van der Waals surface area contributed by atoms with E-state index in [1.54, 1.807) is 17.9 Å². The van der Waals surface area contributed by atoms with Crippen LogP contribution in [0.5, 0.6) is 0 Å². The molecule has 3 aromatic rings. The molecule has 1 aromatic carbocycles. The van der Waals surface area contributed by atoms with E-state index in [4.69, 9.17) is 9.52 Å². The highest BCUT2D eigenvalue weighted by Gasteiger charge is 2.28. The second kappa shape index (κ2) is 6.18. The summed E-state index contributed by atoms with van der Waals surface area (Å²) in [4.78, 5) is 14.4. The monoisotopic (exact) mass is 338 g/mol. The average Bonchev–Trinajstić information content (AvgIpc) is 3.24. The number of benzene rings is 1. The van der Waals surface area contributed by atoms with Crippen LogP contribution in [-0.2, 0) is 19.7 Å². The fraction of sp³-hybridized carbons (Fsp3) is 0.278. The number of hydrogen-bond acceptors (Lipinski definition) is 5. The van der Waals surface area contributed by atoms with Gasteiger partial charge in [0.1, 0.15) is 12.4 Å². The van der Waals surface area contributed by atoms with Crippen molar-refractivity contribution in [3.63, 3.8) is 0 Å². The summed E-state index contributed by atoms with van der Waals surface area (Å²) >= 11 is 0. The minimum atomic E-state index is -0.219. The van der Waals surface area contributed by atoms with Gasteiger partial charge in [-0.2, -0.15) is 0 Å². The number of carbonyl (C=O) groups is 1. The van der Waals surface area contributed by atoms with Crippen molar-refractivity contribution in [1.82, 2.24) is 19.7 Å². The van der Waals surface area contributed by atoms with Crippen molar-refractivity contribution in [2.75, 3.05) is 6.54 Å². The SMILES string of the molecule is Cc1cc(CO)oc1C(=O)N1CCn2c(nnc2-c2ccccc2)C1. The molecule has 128 valence electrons. The third-order valence-electron chi connectivity index (χ3n) is 4.39. The summed E-state index contributed by atoms with van der Waals surface area (Å²) < 4.78 is 7.51. The lowest BCUT2D eigenvalue weighted by Gasteiger charge is -2.27. The molecule has 0 spiro atoms. The average molecular weight is 338 g/mol. The van der Waals surface area contributed by atoms with E-state index < -0.39 is 0 Å². The van der Waals surface area contributed by atoms with Crippen molar-refractivity contribution in [3.05, 3.63) is 59.3 Å². The van der Waals surface area contributed by atoms with Crippen molar-refractivity contribution in [1.29, 1.82) is 0 Å². The van der Waals surface area contributed by atoms with Gasteiger partial charge in [0.05, 0.1) is 6.54 Å².